The zero-order chi connectivity index (χ0) is 29.1. The third-order valence-corrected chi connectivity index (χ3v) is 8.22. The fourth-order valence-corrected chi connectivity index (χ4v) is 5.77. The number of carbonyl (C=O) groups excluding carboxylic acids is 1. The van der Waals surface area contributed by atoms with Crippen LogP contribution in [-0.2, 0) is 24.3 Å². The minimum atomic E-state index is -0.706. The molecule has 0 spiro atoms. The van der Waals surface area contributed by atoms with Gasteiger partial charge in [-0.3, -0.25) is 9.69 Å². The molecule has 0 saturated carbocycles. The van der Waals surface area contributed by atoms with Gasteiger partial charge in [0.1, 0.15) is 0 Å². The first-order valence-electron chi connectivity index (χ1n) is 13.5. The van der Waals surface area contributed by atoms with E-state index in [4.69, 9.17) is 34.8 Å². The van der Waals surface area contributed by atoms with Crippen LogP contribution >= 0.6 is 34.8 Å². The van der Waals surface area contributed by atoms with E-state index in [9.17, 15) is 9.90 Å². The van der Waals surface area contributed by atoms with Crippen LogP contribution in [0.4, 0.5) is 0 Å². The minimum Gasteiger partial charge on any atom is -0.386 e. The van der Waals surface area contributed by atoms with Gasteiger partial charge in [0, 0.05) is 60.2 Å². The van der Waals surface area contributed by atoms with Gasteiger partial charge in [0.25, 0.3) is 0 Å². The second kappa shape index (κ2) is 12.9. The molecule has 12 heteroatoms. The summed E-state index contributed by atoms with van der Waals surface area (Å²) in [4.78, 5) is 17.6. The zero-order valence-corrected chi connectivity index (χ0v) is 25.2. The van der Waals surface area contributed by atoms with Crippen molar-refractivity contribution in [1.82, 2.24) is 34.6 Å². The van der Waals surface area contributed by atoms with E-state index in [0.29, 0.717) is 41.2 Å². The summed E-state index contributed by atoms with van der Waals surface area (Å²) < 4.78 is 3.44. The molecule has 0 radical (unpaired) electrons. The van der Waals surface area contributed by atoms with E-state index in [1.54, 1.807) is 45.8 Å². The highest BCUT2D eigenvalue weighted by Crippen LogP contribution is 2.27. The number of rotatable bonds is 8. The number of aryl methyl sites for hydroxylation is 1. The highest BCUT2D eigenvalue weighted by atomic mass is 35.5. The maximum Gasteiger partial charge on any atom is 0.227 e. The highest BCUT2D eigenvalue weighted by molar-refractivity contribution is 6.35. The highest BCUT2D eigenvalue weighted by Gasteiger charge is 2.23. The topological polar surface area (TPSA) is 92.3 Å². The molecule has 2 aromatic carbocycles. The monoisotopic (exact) mass is 615 g/mol. The Morgan fingerprint density at radius 2 is 1.76 bits per heavy atom. The second-order valence-electron chi connectivity index (χ2n) is 10.3. The van der Waals surface area contributed by atoms with Crippen LogP contribution in [0.1, 0.15) is 40.7 Å². The van der Waals surface area contributed by atoms with Gasteiger partial charge >= 0.3 is 0 Å². The van der Waals surface area contributed by atoms with E-state index < -0.39 is 6.10 Å². The summed E-state index contributed by atoms with van der Waals surface area (Å²) in [7, 11) is 0. The van der Waals surface area contributed by atoms with Crippen molar-refractivity contribution in [2.45, 2.75) is 45.9 Å². The summed E-state index contributed by atoms with van der Waals surface area (Å²) in [5.74, 6) is 0.0851. The zero-order valence-electron chi connectivity index (χ0n) is 23.0. The van der Waals surface area contributed by atoms with Gasteiger partial charge in [-0.15, -0.1) is 5.10 Å². The van der Waals surface area contributed by atoms with Crippen LogP contribution in [0.15, 0.2) is 48.7 Å². The van der Waals surface area contributed by atoms with Gasteiger partial charge < -0.3 is 10.0 Å². The van der Waals surface area contributed by atoms with Crippen LogP contribution in [0.2, 0.25) is 15.1 Å². The first-order chi connectivity index (χ1) is 19.7. The van der Waals surface area contributed by atoms with Crippen molar-refractivity contribution in [2.24, 2.45) is 0 Å². The SMILES string of the molecule is Cc1nn(-c2ccc(Cl)cc2Cl)c(C)c1CC(=O)N1CCCN(Cc2cn(C[C@@H](O)c3ccc(Cl)cc3)nn2)CC1. The van der Waals surface area contributed by atoms with Crippen molar-refractivity contribution in [1.29, 1.82) is 0 Å². The molecule has 0 bridgehead atoms. The molecular weight excluding hydrogens is 585 g/mol. The summed E-state index contributed by atoms with van der Waals surface area (Å²) in [6.07, 6.45) is 2.31. The third-order valence-electron chi connectivity index (χ3n) is 7.43. The summed E-state index contributed by atoms with van der Waals surface area (Å²) in [6.45, 7) is 7.74. The van der Waals surface area contributed by atoms with E-state index in [-0.39, 0.29) is 12.3 Å². The molecule has 4 aromatic rings. The van der Waals surface area contributed by atoms with Crippen LogP contribution in [0.3, 0.4) is 0 Å². The Labute approximate surface area is 254 Å². The van der Waals surface area contributed by atoms with Crippen molar-refractivity contribution >= 4 is 40.7 Å². The average molecular weight is 617 g/mol. The van der Waals surface area contributed by atoms with Gasteiger partial charge in [-0.05, 0) is 56.2 Å². The van der Waals surface area contributed by atoms with E-state index in [1.807, 2.05) is 31.0 Å². The Morgan fingerprint density at radius 3 is 2.51 bits per heavy atom. The molecule has 0 aliphatic carbocycles. The van der Waals surface area contributed by atoms with Gasteiger partial charge in [-0.25, -0.2) is 9.36 Å². The predicted molar refractivity (Wildman–Crippen MR) is 160 cm³/mol. The smallest absolute Gasteiger partial charge is 0.227 e. The molecule has 1 aliphatic heterocycles. The largest absolute Gasteiger partial charge is 0.386 e. The Kier molecular flexibility index (Phi) is 9.31. The lowest BCUT2D eigenvalue weighted by Crippen LogP contribution is -2.36. The normalized spacial score (nSPS) is 15.2. The van der Waals surface area contributed by atoms with Crippen LogP contribution in [0, 0.1) is 13.8 Å². The van der Waals surface area contributed by atoms with Gasteiger partial charge in [-0.2, -0.15) is 5.10 Å². The number of amides is 1. The number of aromatic nitrogens is 5. The maximum atomic E-state index is 13.4. The first kappa shape index (κ1) is 29.5. The van der Waals surface area contributed by atoms with E-state index in [0.717, 1.165) is 53.4 Å². The summed E-state index contributed by atoms with van der Waals surface area (Å²) >= 11 is 18.4. The molecule has 3 heterocycles. The Balaban J connectivity index is 1.16. The second-order valence-corrected chi connectivity index (χ2v) is 11.6. The Morgan fingerprint density at radius 1 is 1.00 bits per heavy atom. The number of halogens is 3. The molecule has 1 amide bonds. The van der Waals surface area contributed by atoms with Gasteiger partial charge in [0.15, 0.2) is 0 Å². The summed E-state index contributed by atoms with van der Waals surface area (Å²) in [5.41, 5.74) is 4.95. The number of hydrogen-bond acceptors (Lipinski definition) is 6. The van der Waals surface area contributed by atoms with E-state index in [2.05, 4.69) is 20.3 Å². The Bertz CT molecular complexity index is 1520. The van der Waals surface area contributed by atoms with Crippen molar-refractivity contribution in [3.05, 3.63) is 91.9 Å². The summed E-state index contributed by atoms with van der Waals surface area (Å²) in [6, 6.07) is 12.4. The fraction of sp³-hybridized carbons (Fsp3) is 0.379. The first-order valence-corrected chi connectivity index (χ1v) is 14.6. The fourth-order valence-electron chi connectivity index (χ4n) is 5.16. The molecular formula is C29H32Cl3N7O2. The van der Waals surface area contributed by atoms with Crippen LogP contribution in [-0.4, -0.2) is 71.8 Å². The van der Waals surface area contributed by atoms with E-state index in [1.165, 1.54) is 0 Å². The van der Waals surface area contributed by atoms with Crippen molar-refractivity contribution in [3.8, 4) is 5.69 Å². The minimum absolute atomic E-state index is 0.0851. The quantitative estimate of drug-likeness (QED) is 0.298. The van der Waals surface area contributed by atoms with Crippen molar-refractivity contribution in [2.75, 3.05) is 26.2 Å². The maximum absolute atomic E-state index is 13.4. The third kappa shape index (κ3) is 7.10. The molecule has 41 heavy (non-hydrogen) atoms. The molecule has 1 aliphatic rings. The predicted octanol–water partition coefficient (Wildman–Crippen LogP) is 5.05. The molecule has 1 fully saturated rings. The van der Waals surface area contributed by atoms with Crippen LogP contribution in [0.25, 0.3) is 5.69 Å². The van der Waals surface area contributed by atoms with Gasteiger partial charge in [-0.1, -0.05) is 52.1 Å². The summed E-state index contributed by atoms with van der Waals surface area (Å²) in [5, 5.41) is 25.4. The van der Waals surface area contributed by atoms with Crippen LogP contribution < -0.4 is 0 Å². The molecule has 1 atom stereocenters. The molecule has 1 saturated heterocycles. The van der Waals surface area contributed by atoms with E-state index >= 15 is 0 Å². The molecule has 0 unspecified atom stereocenters. The van der Waals surface area contributed by atoms with Gasteiger partial charge in [0.2, 0.25) is 5.91 Å². The standard InChI is InChI=1S/C29H32Cl3N7O2/c1-19-25(20(2)39(34-19)27-9-8-23(31)14-26(27)32)15-29(41)37-11-3-10-36(12-13-37)16-24-17-38(35-33-24)18-28(40)21-4-6-22(30)7-5-21/h4-9,14,17,28,40H,3,10-13,15-16,18H2,1-2H3/t28-/m1/s1. The molecule has 5 rings (SSSR count). The molecule has 1 N–H and O–H groups in total. The molecule has 2 aromatic heterocycles. The number of benzene rings is 2. The lowest BCUT2D eigenvalue weighted by atomic mass is 10.1. The number of nitrogens with zero attached hydrogens (tertiary/aromatic N) is 7. The number of aliphatic hydroxyl groups excluding tert-OH is 1. The Hall–Kier alpha value is -2.95. The van der Waals surface area contributed by atoms with Crippen LogP contribution in [0.5, 0.6) is 0 Å². The average Bonchev–Trinajstić information content (AvgIpc) is 3.38. The molecule has 216 valence electrons. The molecule has 9 nitrogen and oxygen atoms in total. The van der Waals surface area contributed by atoms with Gasteiger partial charge in [0.05, 0.1) is 41.2 Å². The van der Waals surface area contributed by atoms with Crippen molar-refractivity contribution in [3.63, 3.8) is 0 Å². The van der Waals surface area contributed by atoms with Crippen molar-refractivity contribution < 1.29 is 9.90 Å². The number of aliphatic hydroxyl groups is 1. The number of carbonyl (C=O) groups is 1. The number of hydrogen-bond donors (Lipinski definition) is 1. The lowest BCUT2D eigenvalue weighted by molar-refractivity contribution is -0.130. The lowest BCUT2D eigenvalue weighted by Gasteiger charge is -2.21.